The molecule has 0 spiro atoms. The van der Waals surface area contributed by atoms with Crippen LogP contribution in [-0.4, -0.2) is 15.9 Å². The van der Waals surface area contributed by atoms with Crippen LogP contribution in [0, 0.1) is 10.1 Å². The molecule has 0 amide bonds. The summed E-state index contributed by atoms with van der Waals surface area (Å²) in [6, 6.07) is 0.362. The molecule has 0 radical (unpaired) electrons. The number of rotatable bonds is 6. The molecule has 1 atom stereocenters. The second-order valence-electron chi connectivity index (χ2n) is 3.30. The maximum Gasteiger partial charge on any atom is 0.345 e. The minimum absolute atomic E-state index is 0.0869. The van der Waals surface area contributed by atoms with E-state index in [1.54, 1.807) is 0 Å². The molecule has 0 bridgehead atoms. The first kappa shape index (κ1) is 11.9. The molecule has 1 unspecified atom stereocenters. The summed E-state index contributed by atoms with van der Waals surface area (Å²) in [5, 5.41) is 14.4. The number of nitrogens with one attached hydrogen (secondary N) is 1. The van der Waals surface area contributed by atoms with Gasteiger partial charge in [0.2, 0.25) is 0 Å². The van der Waals surface area contributed by atoms with Gasteiger partial charge in [0.05, 0.1) is 4.92 Å². The second kappa shape index (κ2) is 5.65. The Kier molecular flexibility index (Phi) is 4.48. The van der Waals surface area contributed by atoms with Crippen molar-refractivity contribution < 1.29 is 4.92 Å². The minimum atomic E-state index is -0.413. The Balaban J connectivity index is 2.59. The third kappa shape index (κ3) is 3.47. The SMILES string of the molecule is CCCC(CC)Nc1ncc([N+](=O)[O-])s1. The fourth-order valence-corrected chi connectivity index (χ4v) is 2.03. The molecule has 1 aromatic heterocycles. The predicted octanol–water partition coefficient (Wildman–Crippen LogP) is 3.04. The third-order valence-corrected chi connectivity index (χ3v) is 3.01. The van der Waals surface area contributed by atoms with Gasteiger partial charge in [0.15, 0.2) is 5.13 Å². The summed E-state index contributed by atoms with van der Waals surface area (Å²) < 4.78 is 0. The van der Waals surface area contributed by atoms with Crippen molar-refractivity contribution in [2.75, 3.05) is 5.32 Å². The Morgan fingerprint density at radius 1 is 1.67 bits per heavy atom. The molecular weight excluding hydrogens is 214 g/mol. The highest BCUT2D eigenvalue weighted by Crippen LogP contribution is 2.26. The van der Waals surface area contributed by atoms with E-state index in [4.69, 9.17) is 0 Å². The molecule has 15 heavy (non-hydrogen) atoms. The van der Waals surface area contributed by atoms with E-state index in [1.165, 1.54) is 6.20 Å². The highest BCUT2D eigenvalue weighted by atomic mass is 32.1. The predicted molar refractivity (Wildman–Crippen MR) is 61.4 cm³/mol. The number of nitro groups is 1. The Labute approximate surface area is 92.7 Å². The van der Waals surface area contributed by atoms with Crippen LogP contribution in [0.1, 0.15) is 33.1 Å². The highest BCUT2D eigenvalue weighted by Gasteiger charge is 2.13. The van der Waals surface area contributed by atoms with Crippen LogP contribution in [0.4, 0.5) is 10.1 Å². The van der Waals surface area contributed by atoms with Crippen LogP contribution in [0.5, 0.6) is 0 Å². The van der Waals surface area contributed by atoms with Crippen molar-refractivity contribution in [3.05, 3.63) is 16.3 Å². The van der Waals surface area contributed by atoms with E-state index in [0.717, 1.165) is 30.6 Å². The summed E-state index contributed by atoms with van der Waals surface area (Å²) in [6.07, 6.45) is 4.45. The lowest BCUT2D eigenvalue weighted by molar-refractivity contribution is -0.380. The first-order valence-electron chi connectivity index (χ1n) is 5.04. The Hall–Kier alpha value is -1.17. The van der Waals surface area contributed by atoms with E-state index >= 15 is 0 Å². The molecule has 0 fully saturated rings. The lowest BCUT2D eigenvalue weighted by Gasteiger charge is -2.14. The van der Waals surface area contributed by atoms with Gasteiger partial charge in [-0.1, -0.05) is 20.3 Å². The van der Waals surface area contributed by atoms with Gasteiger partial charge in [0.25, 0.3) is 0 Å². The van der Waals surface area contributed by atoms with Gasteiger partial charge in [-0.05, 0) is 24.2 Å². The quantitative estimate of drug-likeness (QED) is 0.601. The van der Waals surface area contributed by atoms with Gasteiger partial charge in [0.1, 0.15) is 6.20 Å². The number of anilines is 1. The summed E-state index contributed by atoms with van der Waals surface area (Å²) in [6.45, 7) is 4.21. The largest absolute Gasteiger partial charge is 0.359 e. The van der Waals surface area contributed by atoms with E-state index in [0.29, 0.717) is 11.2 Å². The van der Waals surface area contributed by atoms with Crippen molar-refractivity contribution in [3.63, 3.8) is 0 Å². The lowest BCUT2D eigenvalue weighted by atomic mass is 10.1. The number of hydrogen-bond donors (Lipinski definition) is 1. The monoisotopic (exact) mass is 229 g/mol. The van der Waals surface area contributed by atoms with Crippen LogP contribution in [-0.2, 0) is 0 Å². The van der Waals surface area contributed by atoms with Gasteiger partial charge in [-0.2, -0.15) is 0 Å². The van der Waals surface area contributed by atoms with Gasteiger partial charge in [-0.25, -0.2) is 4.98 Å². The van der Waals surface area contributed by atoms with Crippen LogP contribution in [0.2, 0.25) is 0 Å². The van der Waals surface area contributed by atoms with Gasteiger partial charge >= 0.3 is 5.00 Å². The molecule has 1 heterocycles. The zero-order chi connectivity index (χ0) is 11.3. The zero-order valence-electron chi connectivity index (χ0n) is 8.90. The summed E-state index contributed by atoms with van der Waals surface area (Å²) in [4.78, 5) is 14.0. The molecule has 0 aliphatic carbocycles. The molecule has 0 aliphatic rings. The van der Waals surface area contributed by atoms with Crippen molar-refractivity contribution in [2.45, 2.75) is 39.2 Å². The summed E-state index contributed by atoms with van der Waals surface area (Å²) >= 11 is 1.09. The van der Waals surface area contributed by atoms with Gasteiger partial charge in [0, 0.05) is 6.04 Å². The van der Waals surface area contributed by atoms with E-state index in [1.807, 2.05) is 0 Å². The number of nitrogens with zero attached hydrogens (tertiary/aromatic N) is 2. The molecule has 1 rings (SSSR count). The van der Waals surface area contributed by atoms with Crippen LogP contribution >= 0.6 is 11.3 Å². The van der Waals surface area contributed by atoms with Crippen molar-refractivity contribution in [1.29, 1.82) is 0 Å². The average Bonchev–Trinajstić information content (AvgIpc) is 2.65. The van der Waals surface area contributed by atoms with Crippen LogP contribution < -0.4 is 5.32 Å². The second-order valence-corrected chi connectivity index (χ2v) is 4.31. The number of hydrogen-bond acceptors (Lipinski definition) is 5. The molecule has 1 N–H and O–H groups in total. The first-order valence-corrected chi connectivity index (χ1v) is 5.85. The number of aromatic nitrogens is 1. The summed E-state index contributed by atoms with van der Waals surface area (Å²) in [5.74, 6) is 0. The van der Waals surface area contributed by atoms with Gasteiger partial charge < -0.3 is 5.32 Å². The Bertz CT molecular complexity index is 327. The van der Waals surface area contributed by atoms with E-state index in [9.17, 15) is 10.1 Å². The lowest BCUT2D eigenvalue weighted by Crippen LogP contribution is -2.17. The smallest absolute Gasteiger partial charge is 0.345 e. The van der Waals surface area contributed by atoms with Crippen molar-refractivity contribution in [2.24, 2.45) is 0 Å². The topological polar surface area (TPSA) is 68.1 Å². The van der Waals surface area contributed by atoms with Crippen LogP contribution in [0.15, 0.2) is 6.20 Å². The van der Waals surface area contributed by atoms with E-state index in [2.05, 4.69) is 24.1 Å². The maximum absolute atomic E-state index is 10.4. The molecule has 0 aromatic carbocycles. The molecule has 0 aliphatic heterocycles. The van der Waals surface area contributed by atoms with Crippen LogP contribution in [0.25, 0.3) is 0 Å². The van der Waals surface area contributed by atoms with Gasteiger partial charge in [-0.3, -0.25) is 10.1 Å². The molecule has 84 valence electrons. The van der Waals surface area contributed by atoms with E-state index in [-0.39, 0.29) is 5.00 Å². The van der Waals surface area contributed by atoms with Crippen molar-refractivity contribution in [1.82, 2.24) is 4.98 Å². The average molecular weight is 229 g/mol. The normalized spacial score (nSPS) is 12.4. The molecule has 1 aromatic rings. The molecule has 6 heteroatoms. The molecular formula is C9H15N3O2S. The zero-order valence-corrected chi connectivity index (χ0v) is 9.71. The third-order valence-electron chi connectivity index (χ3n) is 2.13. The maximum atomic E-state index is 10.4. The fraction of sp³-hybridized carbons (Fsp3) is 0.667. The molecule has 0 saturated heterocycles. The summed E-state index contributed by atoms with van der Waals surface area (Å²) in [5.41, 5.74) is 0. The van der Waals surface area contributed by atoms with Crippen LogP contribution in [0.3, 0.4) is 0 Å². The Morgan fingerprint density at radius 2 is 2.40 bits per heavy atom. The van der Waals surface area contributed by atoms with Crippen molar-refractivity contribution >= 4 is 21.5 Å². The first-order chi connectivity index (χ1) is 7.17. The van der Waals surface area contributed by atoms with Crippen molar-refractivity contribution in [3.8, 4) is 0 Å². The Morgan fingerprint density at radius 3 is 2.87 bits per heavy atom. The molecule has 5 nitrogen and oxygen atoms in total. The highest BCUT2D eigenvalue weighted by molar-refractivity contribution is 7.18. The molecule has 0 saturated carbocycles. The number of thiazole rings is 1. The standard InChI is InChI=1S/C9H15N3O2S/c1-3-5-7(4-2)11-9-10-6-8(15-9)12(13)14/h6-7H,3-5H2,1-2H3,(H,10,11). The minimum Gasteiger partial charge on any atom is -0.359 e. The van der Waals surface area contributed by atoms with Gasteiger partial charge in [-0.15, -0.1) is 0 Å². The summed E-state index contributed by atoms with van der Waals surface area (Å²) in [7, 11) is 0. The fourth-order valence-electron chi connectivity index (χ4n) is 1.32. The van der Waals surface area contributed by atoms with E-state index < -0.39 is 4.92 Å².